The fraction of sp³-hybridized carbons (Fsp3) is 0.143. The Labute approximate surface area is 164 Å². The SMILES string of the molecule is O=C(C[C@]1(O)C(=O)N(Cc2ccccc2)c2ccc(Br)cc21)c1ccco1. The summed E-state index contributed by atoms with van der Waals surface area (Å²) in [6.45, 7) is 0.311. The van der Waals surface area contributed by atoms with Crippen LogP contribution in [0.3, 0.4) is 0 Å². The monoisotopic (exact) mass is 425 g/mol. The van der Waals surface area contributed by atoms with E-state index in [9.17, 15) is 14.7 Å². The van der Waals surface area contributed by atoms with Gasteiger partial charge in [-0.2, -0.15) is 0 Å². The highest BCUT2D eigenvalue weighted by Crippen LogP contribution is 2.44. The number of carbonyl (C=O) groups is 2. The molecule has 136 valence electrons. The first-order valence-electron chi connectivity index (χ1n) is 8.44. The Morgan fingerprint density at radius 1 is 1.11 bits per heavy atom. The summed E-state index contributed by atoms with van der Waals surface area (Å²) in [4.78, 5) is 27.2. The smallest absolute Gasteiger partial charge is 0.264 e. The van der Waals surface area contributed by atoms with Crippen LogP contribution >= 0.6 is 15.9 Å². The summed E-state index contributed by atoms with van der Waals surface area (Å²) in [5.74, 6) is -0.822. The van der Waals surface area contributed by atoms with Gasteiger partial charge in [0.25, 0.3) is 5.91 Å². The fourth-order valence-corrected chi connectivity index (χ4v) is 3.73. The third kappa shape index (κ3) is 3.11. The largest absolute Gasteiger partial charge is 0.461 e. The van der Waals surface area contributed by atoms with Gasteiger partial charge in [-0.3, -0.25) is 9.59 Å². The van der Waals surface area contributed by atoms with Crippen molar-refractivity contribution >= 4 is 33.3 Å². The molecule has 1 aromatic heterocycles. The summed E-state index contributed by atoms with van der Waals surface area (Å²) in [5, 5.41) is 11.3. The maximum Gasteiger partial charge on any atom is 0.264 e. The number of hydrogen-bond acceptors (Lipinski definition) is 4. The van der Waals surface area contributed by atoms with Crippen LogP contribution in [0.25, 0.3) is 0 Å². The molecule has 0 bridgehead atoms. The lowest BCUT2D eigenvalue weighted by Gasteiger charge is -2.22. The predicted octanol–water partition coefficient (Wildman–Crippen LogP) is 4.05. The Morgan fingerprint density at radius 3 is 2.59 bits per heavy atom. The van der Waals surface area contributed by atoms with Gasteiger partial charge >= 0.3 is 0 Å². The van der Waals surface area contributed by atoms with E-state index in [-0.39, 0.29) is 12.2 Å². The van der Waals surface area contributed by atoms with Crippen LogP contribution in [0, 0.1) is 0 Å². The van der Waals surface area contributed by atoms with E-state index in [2.05, 4.69) is 15.9 Å². The van der Waals surface area contributed by atoms with Gasteiger partial charge < -0.3 is 14.4 Å². The molecule has 0 fully saturated rings. The van der Waals surface area contributed by atoms with E-state index in [1.54, 1.807) is 18.2 Å². The van der Waals surface area contributed by atoms with Gasteiger partial charge in [0.2, 0.25) is 5.78 Å². The third-order valence-corrected chi connectivity index (χ3v) is 5.18. The maximum atomic E-state index is 13.2. The highest BCUT2D eigenvalue weighted by molar-refractivity contribution is 9.10. The van der Waals surface area contributed by atoms with Crippen LogP contribution < -0.4 is 4.90 Å². The van der Waals surface area contributed by atoms with Crippen LogP contribution in [-0.4, -0.2) is 16.8 Å². The molecule has 0 saturated heterocycles. The van der Waals surface area contributed by atoms with Crippen LogP contribution in [0.1, 0.15) is 28.1 Å². The lowest BCUT2D eigenvalue weighted by molar-refractivity contribution is -0.136. The number of fused-ring (bicyclic) bond motifs is 1. The highest BCUT2D eigenvalue weighted by atomic mass is 79.9. The molecule has 2 aromatic carbocycles. The topological polar surface area (TPSA) is 70.8 Å². The molecule has 0 aliphatic carbocycles. The molecule has 1 atom stereocenters. The fourth-order valence-electron chi connectivity index (χ4n) is 3.37. The summed E-state index contributed by atoms with van der Waals surface area (Å²) in [5.41, 5.74) is 0.0125. The second-order valence-electron chi connectivity index (χ2n) is 6.48. The summed E-state index contributed by atoms with van der Waals surface area (Å²) in [6, 6.07) is 17.9. The Balaban J connectivity index is 1.73. The number of amides is 1. The molecule has 0 radical (unpaired) electrons. The molecule has 0 saturated carbocycles. The zero-order valence-electron chi connectivity index (χ0n) is 14.3. The minimum absolute atomic E-state index is 0.120. The van der Waals surface area contributed by atoms with E-state index in [0.717, 1.165) is 10.0 Å². The number of carbonyl (C=O) groups excluding carboxylic acids is 2. The first-order valence-corrected chi connectivity index (χ1v) is 9.23. The number of halogens is 1. The van der Waals surface area contributed by atoms with Gasteiger partial charge in [-0.25, -0.2) is 0 Å². The van der Waals surface area contributed by atoms with Gasteiger partial charge in [0, 0.05) is 10.0 Å². The Bertz CT molecular complexity index is 1000. The van der Waals surface area contributed by atoms with Crippen molar-refractivity contribution in [2.45, 2.75) is 18.6 Å². The lowest BCUT2D eigenvalue weighted by Crippen LogP contribution is -2.41. The third-order valence-electron chi connectivity index (χ3n) is 4.69. The van der Waals surface area contributed by atoms with Crippen LogP contribution in [0.2, 0.25) is 0 Å². The van der Waals surface area contributed by atoms with Crippen LogP contribution in [0.15, 0.2) is 75.8 Å². The summed E-state index contributed by atoms with van der Waals surface area (Å²) in [7, 11) is 0. The zero-order valence-corrected chi connectivity index (χ0v) is 15.8. The maximum absolute atomic E-state index is 13.2. The highest BCUT2D eigenvalue weighted by Gasteiger charge is 2.51. The number of anilines is 1. The number of hydrogen-bond donors (Lipinski definition) is 1. The number of nitrogens with zero attached hydrogens (tertiary/aromatic N) is 1. The Kier molecular flexibility index (Phi) is 4.45. The second kappa shape index (κ2) is 6.79. The number of rotatable bonds is 5. The summed E-state index contributed by atoms with van der Waals surface area (Å²) >= 11 is 3.38. The van der Waals surface area contributed by atoms with Crippen molar-refractivity contribution in [2.24, 2.45) is 0 Å². The van der Waals surface area contributed by atoms with Gasteiger partial charge in [-0.05, 0) is 35.9 Å². The number of benzene rings is 2. The molecular weight excluding hydrogens is 410 g/mol. The lowest BCUT2D eigenvalue weighted by atomic mass is 9.89. The van der Waals surface area contributed by atoms with Crippen molar-refractivity contribution in [1.29, 1.82) is 0 Å². The molecule has 4 rings (SSSR count). The Hall–Kier alpha value is -2.70. The normalized spacial score (nSPS) is 18.6. The average molecular weight is 426 g/mol. The van der Waals surface area contributed by atoms with Gasteiger partial charge in [-0.1, -0.05) is 46.3 Å². The molecule has 1 aliphatic rings. The zero-order chi connectivity index (χ0) is 19.0. The van der Waals surface area contributed by atoms with E-state index in [1.807, 2.05) is 36.4 Å². The average Bonchev–Trinajstić information content (AvgIpc) is 3.26. The molecule has 2 heterocycles. The Morgan fingerprint density at radius 2 is 1.89 bits per heavy atom. The van der Waals surface area contributed by atoms with Crippen molar-refractivity contribution in [2.75, 3.05) is 4.90 Å². The summed E-state index contributed by atoms with van der Waals surface area (Å²) < 4.78 is 5.85. The minimum Gasteiger partial charge on any atom is -0.461 e. The number of furan rings is 1. The molecule has 0 spiro atoms. The molecular formula is C21H16BrNO4. The van der Waals surface area contributed by atoms with E-state index in [1.165, 1.54) is 17.2 Å². The molecule has 1 amide bonds. The molecule has 6 heteroatoms. The van der Waals surface area contributed by atoms with Crippen molar-refractivity contribution in [3.63, 3.8) is 0 Å². The summed E-state index contributed by atoms with van der Waals surface area (Å²) in [6.07, 6.45) is 1.01. The van der Waals surface area contributed by atoms with E-state index in [4.69, 9.17) is 4.42 Å². The molecule has 27 heavy (non-hydrogen) atoms. The quantitative estimate of drug-likeness (QED) is 0.625. The number of Topliss-reactive ketones (excluding diaryl/α,β-unsaturated/α-hetero) is 1. The van der Waals surface area contributed by atoms with E-state index in [0.29, 0.717) is 17.8 Å². The van der Waals surface area contributed by atoms with Crippen molar-refractivity contribution < 1.29 is 19.1 Å². The first kappa shape index (κ1) is 17.7. The predicted molar refractivity (Wildman–Crippen MR) is 103 cm³/mol. The van der Waals surface area contributed by atoms with E-state index >= 15 is 0 Å². The molecule has 5 nitrogen and oxygen atoms in total. The van der Waals surface area contributed by atoms with Gasteiger partial charge in [0.15, 0.2) is 11.4 Å². The minimum atomic E-state index is -1.93. The van der Waals surface area contributed by atoms with Gasteiger partial charge in [-0.15, -0.1) is 0 Å². The molecule has 1 aliphatic heterocycles. The van der Waals surface area contributed by atoms with Crippen LogP contribution in [0.5, 0.6) is 0 Å². The van der Waals surface area contributed by atoms with E-state index < -0.39 is 17.3 Å². The first-order chi connectivity index (χ1) is 13.0. The van der Waals surface area contributed by atoms with Crippen LogP contribution in [0.4, 0.5) is 5.69 Å². The molecule has 1 N–H and O–H groups in total. The van der Waals surface area contributed by atoms with Gasteiger partial charge in [0.05, 0.1) is 24.9 Å². The van der Waals surface area contributed by atoms with Crippen molar-refractivity contribution in [3.05, 3.63) is 88.3 Å². The molecule has 0 unspecified atom stereocenters. The van der Waals surface area contributed by atoms with Gasteiger partial charge in [0.1, 0.15) is 0 Å². The van der Waals surface area contributed by atoms with Crippen molar-refractivity contribution in [3.8, 4) is 0 Å². The van der Waals surface area contributed by atoms with Crippen LogP contribution in [-0.2, 0) is 16.9 Å². The standard InChI is InChI=1S/C21H16BrNO4/c22-15-8-9-17-16(11-15)21(26,12-18(24)19-7-4-10-27-19)20(25)23(17)13-14-5-2-1-3-6-14/h1-11,26H,12-13H2/t21-/m1/s1. The molecule has 3 aromatic rings. The second-order valence-corrected chi connectivity index (χ2v) is 7.39. The van der Waals surface area contributed by atoms with Crippen molar-refractivity contribution in [1.82, 2.24) is 0 Å². The number of aliphatic hydroxyl groups is 1. The number of ketones is 1.